The van der Waals surface area contributed by atoms with Gasteiger partial charge < -0.3 is 19.3 Å². The van der Waals surface area contributed by atoms with Crippen molar-refractivity contribution in [2.24, 2.45) is 0 Å². The molecule has 1 N–H and O–H groups in total. The zero-order chi connectivity index (χ0) is 32.1. The van der Waals surface area contributed by atoms with Gasteiger partial charge in [0.15, 0.2) is 0 Å². The summed E-state index contributed by atoms with van der Waals surface area (Å²) in [5, 5.41) is 8.86. The fraction of sp³-hybridized carbons (Fsp3) is 0.649. The lowest BCUT2D eigenvalue weighted by Crippen LogP contribution is -2.38. The molecule has 0 radical (unpaired) electrons. The maximum absolute atomic E-state index is 14.4. The Balaban J connectivity index is 2.72. The minimum atomic E-state index is -1.05. The van der Waals surface area contributed by atoms with Gasteiger partial charge in [-0.05, 0) is 62.0 Å². The molecular weight excluding hydrogens is 524 g/mol. The zero-order valence-corrected chi connectivity index (χ0v) is 28.8. The highest BCUT2D eigenvalue weighted by molar-refractivity contribution is 5.87. The molecule has 2 rings (SSSR count). The molecule has 42 heavy (non-hydrogen) atoms. The van der Waals surface area contributed by atoms with Gasteiger partial charge in [0.05, 0.1) is 33.0 Å². The average molecular weight is 583 g/mol. The first kappa shape index (κ1) is 36.0. The summed E-state index contributed by atoms with van der Waals surface area (Å²) in [5.41, 5.74) is 5.20. The number of benzene rings is 2. The van der Waals surface area contributed by atoms with Crippen LogP contribution in [-0.4, -0.2) is 50.7 Å². The van der Waals surface area contributed by atoms with Crippen LogP contribution in [0.1, 0.15) is 123 Å². The number of hydrogen-bond donors (Lipinski definition) is 1. The molecule has 0 spiro atoms. The highest BCUT2D eigenvalue weighted by Gasteiger charge is 2.41. The lowest BCUT2D eigenvalue weighted by atomic mass is 9.69. The number of aliphatic hydroxyl groups is 1. The van der Waals surface area contributed by atoms with Crippen LogP contribution in [0.25, 0.3) is 0 Å². The SMILES string of the molecule is CC(C)(C)c1cc(C(C)(C)C)cc(C(C)(C(=O)OCCOCCOCCO)c2cc(C(C)(C)C)cc(C(C)(C)C)c2)c1. The first-order valence-electron chi connectivity index (χ1n) is 15.4. The van der Waals surface area contributed by atoms with Crippen molar-refractivity contribution in [1.82, 2.24) is 0 Å². The average Bonchev–Trinajstić information content (AvgIpc) is 2.87. The normalized spacial score (nSPS) is 13.4. The number of esters is 1. The van der Waals surface area contributed by atoms with E-state index in [1.807, 2.05) is 6.92 Å². The number of carbonyl (C=O) groups is 1. The van der Waals surface area contributed by atoms with E-state index in [0.717, 1.165) is 11.1 Å². The second kappa shape index (κ2) is 13.6. The van der Waals surface area contributed by atoms with Crippen LogP contribution in [0, 0.1) is 0 Å². The molecule has 0 aliphatic rings. The zero-order valence-electron chi connectivity index (χ0n) is 28.8. The van der Waals surface area contributed by atoms with Crippen molar-refractivity contribution >= 4 is 5.97 Å². The molecule has 0 saturated carbocycles. The quantitative estimate of drug-likeness (QED) is 0.217. The molecule has 2 aromatic carbocycles. The molecule has 0 aliphatic heterocycles. The van der Waals surface area contributed by atoms with Crippen LogP contribution in [0.5, 0.6) is 0 Å². The Morgan fingerprint density at radius 2 is 0.786 bits per heavy atom. The van der Waals surface area contributed by atoms with Gasteiger partial charge in [0.1, 0.15) is 12.0 Å². The van der Waals surface area contributed by atoms with Crippen LogP contribution >= 0.6 is 0 Å². The summed E-state index contributed by atoms with van der Waals surface area (Å²) in [6, 6.07) is 13.4. The summed E-state index contributed by atoms with van der Waals surface area (Å²) < 4.78 is 16.9. The second-order valence-corrected chi connectivity index (χ2v) is 15.8. The fourth-order valence-electron chi connectivity index (χ4n) is 4.69. The summed E-state index contributed by atoms with van der Waals surface area (Å²) in [5.74, 6) is -0.292. The van der Waals surface area contributed by atoms with Crippen molar-refractivity contribution in [3.05, 3.63) is 69.8 Å². The molecule has 0 aliphatic carbocycles. The number of hydrogen-bond acceptors (Lipinski definition) is 5. The first-order chi connectivity index (χ1) is 19.1. The fourth-order valence-corrected chi connectivity index (χ4v) is 4.69. The summed E-state index contributed by atoms with van der Waals surface area (Å²) in [4.78, 5) is 14.4. The van der Waals surface area contributed by atoms with Gasteiger partial charge >= 0.3 is 5.97 Å². The molecule has 0 heterocycles. The van der Waals surface area contributed by atoms with Crippen LogP contribution in [0.15, 0.2) is 36.4 Å². The van der Waals surface area contributed by atoms with E-state index in [9.17, 15) is 4.79 Å². The predicted octanol–water partition coefficient (Wildman–Crippen LogP) is 7.75. The maximum atomic E-state index is 14.4. The molecule has 236 valence electrons. The van der Waals surface area contributed by atoms with E-state index in [4.69, 9.17) is 19.3 Å². The van der Waals surface area contributed by atoms with E-state index in [1.165, 1.54) is 22.3 Å². The Labute approximate surface area is 256 Å². The minimum absolute atomic E-state index is 0.0170. The summed E-state index contributed by atoms with van der Waals surface area (Å²) >= 11 is 0. The second-order valence-electron chi connectivity index (χ2n) is 15.8. The maximum Gasteiger partial charge on any atom is 0.320 e. The van der Waals surface area contributed by atoms with Gasteiger partial charge in [0.25, 0.3) is 0 Å². The van der Waals surface area contributed by atoms with Crippen molar-refractivity contribution in [2.75, 3.05) is 39.6 Å². The largest absolute Gasteiger partial charge is 0.462 e. The van der Waals surface area contributed by atoms with Crippen LogP contribution in [0.3, 0.4) is 0 Å². The van der Waals surface area contributed by atoms with E-state index in [-0.39, 0.29) is 54.1 Å². The smallest absolute Gasteiger partial charge is 0.320 e. The Hall–Kier alpha value is -2.21. The van der Waals surface area contributed by atoms with Crippen molar-refractivity contribution in [1.29, 1.82) is 0 Å². The van der Waals surface area contributed by atoms with E-state index in [1.54, 1.807) is 0 Å². The predicted molar refractivity (Wildman–Crippen MR) is 174 cm³/mol. The summed E-state index contributed by atoms with van der Waals surface area (Å²) in [7, 11) is 0. The third kappa shape index (κ3) is 9.39. The van der Waals surface area contributed by atoms with Crippen molar-refractivity contribution < 1.29 is 24.1 Å². The third-order valence-corrected chi connectivity index (χ3v) is 7.96. The minimum Gasteiger partial charge on any atom is -0.462 e. The number of ether oxygens (including phenoxy) is 3. The molecule has 0 bridgehead atoms. The highest BCUT2D eigenvalue weighted by Crippen LogP contribution is 2.42. The Morgan fingerprint density at radius 1 is 0.500 bits per heavy atom. The van der Waals surface area contributed by atoms with E-state index < -0.39 is 5.41 Å². The molecule has 0 saturated heterocycles. The number of carbonyl (C=O) groups excluding carboxylic acids is 1. The molecule has 5 nitrogen and oxygen atoms in total. The standard InChI is InChI=1S/C37H58O5/c1-33(2,3)26-20-27(34(4,5)6)23-30(22-26)37(13,32(39)42-19-18-41-17-16-40-15-14-38)31-24-28(35(7,8)9)21-29(25-31)36(10,11)12/h20-25,38H,14-19H2,1-13H3. The van der Waals surface area contributed by atoms with Crippen molar-refractivity contribution in [3.8, 4) is 0 Å². The lowest BCUT2D eigenvalue weighted by molar-refractivity contribution is -0.150. The lowest BCUT2D eigenvalue weighted by Gasteiger charge is -2.35. The van der Waals surface area contributed by atoms with E-state index in [0.29, 0.717) is 13.2 Å². The van der Waals surface area contributed by atoms with Crippen LogP contribution in [0.4, 0.5) is 0 Å². The van der Waals surface area contributed by atoms with Crippen molar-refractivity contribution in [3.63, 3.8) is 0 Å². The van der Waals surface area contributed by atoms with Gasteiger partial charge in [-0.1, -0.05) is 119 Å². The van der Waals surface area contributed by atoms with Crippen LogP contribution in [-0.2, 0) is 46.1 Å². The molecule has 0 atom stereocenters. The molecule has 0 amide bonds. The molecular formula is C37H58O5. The van der Waals surface area contributed by atoms with Crippen LogP contribution < -0.4 is 0 Å². The molecule has 0 fully saturated rings. The van der Waals surface area contributed by atoms with Gasteiger partial charge in [0, 0.05) is 0 Å². The molecule has 5 heteroatoms. The monoisotopic (exact) mass is 582 g/mol. The summed E-state index contributed by atoms with van der Waals surface area (Å²) in [6.45, 7) is 30.1. The van der Waals surface area contributed by atoms with Gasteiger partial charge in [-0.3, -0.25) is 4.79 Å². The highest BCUT2D eigenvalue weighted by atomic mass is 16.6. The molecule has 2 aromatic rings. The van der Waals surface area contributed by atoms with Crippen LogP contribution in [0.2, 0.25) is 0 Å². The van der Waals surface area contributed by atoms with Gasteiger partial charge in [0.2, 0.25) is 0 Å². The first-order valence-corrected chi connectivity index (χ1v) is 15.4. The third-order valence-electron chi connectivity index (χ3n) is 7.96. The Bertz CT molecular complexity index is 1040. The van der Waals surface area contributed by atoms with Crippen molar-refractivity contribution in [2.45, 2.75) is 117 Å². The van der Waals surface area contributed by atoms with Gasteiger partial charge in [-0.15, -0.1) is 0 Å². The van der Waals surface area contributed by atoms with E-state index in [2.05, 4.69) is 119 Å². The molecule has 0 unspecified atom stereocenters. The number of rotatable bonds is 11. The van der Waals surface area contributed by atoms with Gasteiger partial charge in [-0.2, -0.15) is 0 Å². The van der Waals surface area contributed by atoms with E-state index >= 15 is 0 Å². The Morgan fingerprint density at radius 3 is 1.10 bits per heavy atom. The molecule has 0 aromatic heterocycles. The Kier molecular flexibility index (Phi) is 11.7. The number of aliphatic hydroxyl groups excluding tert-OH is 1. The summed E-state index contributed by atoms with van der Waals surface area (Å²) in [6.07, 6.45) is 0. The topological polar surface area (TPSA) is 65.0 Å². The van der Waals surface area contributed by atoms with Gasteiger partial charge in [-0.25, -0.2) is 0 Å².